The number of rotatable bonds is 7. The molecule has 0 atom stereocenters. The number of hydrogen-bond acceptors (Lipinski definition) is 4. The van der Waals surface area contributed by atoms with Crippen molar-refractivity contribution in [1.29, 1.82) is 0 Å². The van der Waals surface area contributed by atoms with Gasteiger partial charge in [-0.1, -0.05) is 30.3 Å². The third-order valence-electron chi connectivity index (χ3n) is 5.56. The van der Waals surface area contributed by atoms with Crippen molar-refractivity contribution in [3.05, 3.63) is 65.2 Å². The fraction of sp³-hybridized carbons (Fsp3) is 0.435. The Labute approximate surface area is 167 Å². The molecule has 5 nitrogen and oxygen atoms in total. The maximum Gasteiger partial charge on any atom is 0.251 e. The summed E-state index contributed by atoms with van der Waals surface area (Å²) < 4.78 is 5.40. The zero-order chi connectivity index (χ0) is 19.2. The van der Waals surface area contributed by atoms with Crippen LogP contribution in [0.1, 0.15) is 40.7 Å². The van der Waals surface area contributed by atoms with Gasteiger partial charge in [0.2, 0.25) is 0 Å². The van der Waals surface area contributed by atoms with Gasteiger partial charge in [0.05, 0.1) is 0 Å². The summed E-state index contributed by atoms with van der Waals surface area (Å²) in [6, 6.07) is 16.8. The van der Waals surface area contributed by atoms with E-state index in [-0.39, 0.29) is 5.91 Å². The summed E-state index contributed by atoms with van der Waals surface area (Å²) in [5.41, 5.74) is 4.58. The molecule has 2 aliphatic rings. The highest BCUT2D eigenvalue weighted by Gasteiger charge is 2.17. The van der Waals surface area contributed by atoms with Crippen molar-refractivity contribution in [2.45, 2.75) is 38.4 Å². The minimum absolute atomic E-state index is 0.000311. The van der Waals surface area contributed by atoms with Gasteiger partial charge in [-0.25, -0.2) is 0 Å². The Morgan fingerprint density at radius 3 is 2.54 bits per heavy atom. The van der Waals surface area contributed by atoms with Gasteiger partial charge in [0.15, 0.2) is 0 Å². The van der Waals surface area contributed by atoms with Crippen LogP contribution in [0, 0.1) is 0 Å². The number of nitrogens with zero attached hydrogens (tertiary/aromatic N) is 1. The van der Waals surface area contributed by atoms with Crippen LogP contribution in [0.2, 0.25) is 0 Å². The predicted molar refractivity (Wildman–Crippen MR) is 111 cm³/mol. The number of hydrogen-bond donors (Lipinski definition) is 2. The summed E-state index contributed by atoms with van der Waals surface area (Å²) in [7, 11) is 0. The van der Waals surface area contributed by atoms with E-state index in [2.05, 4.69) is 39.8 Å². The number of nitrogens with one attached hydrogen (secondary N) is 2. The van der Waals surface area contributed by atoms with Crippen LogP contribution in [-0.2, 0) is 17.8 Å². The van der Waals surface area contributed by atoms with E-state index in [1.54, 1.807) is 0 Å². The lowest BCUT2D eigenvalue weighted by molar-refractivity contribution is 0.0904. The highest BCUT2D eigenvalue weighted by Crippen LogP contribution is 2.22. The SMILES string of the molecule is O=C(NCCCN1Cc2ccccc2C1)c1cccc(NC2CCOCC2)c1. The summed E-state index contributed by atoms with van der Waals surface area (Å²) in [5.74, 6) is 0.000311. The molecule has 28 heavy (non-hydrogen) atoms. The van der Waals surface area contributed by atoms with Gasteiger partial charge in [-0.05, 0) is 48.6 Å². The molecule has 0 radical (unpaired) electrons. The Morgan fingerprint density at radius 1 is 1.04 bits per heavy atom. The Kier molecular flexibility index (Phi) is 6.24. The molecule has 2 aliphatic heterocycles. The van der Waals surface area contributed by atoms with Crippen LogP contribution in [0.15, 0.2) is 48.5 Å². The smallest absolute Gasteiger partial charge is 0.251 e. The zero-order valence-corrected chi connectivity index (χ0v) is 16.3. The first-order valence-corrected chi connectivity index (χ1v) is 10.3. The molecule has 2 aromatic carbocycles. The van der Waals surface area contributed by atoms with E-state index >= 15 is 0 Å². The van der Waals surface area contributed by atoms with E-state index in [1.807, 2.05) is 24.3 Å². The normalized spacial score (nSPS) is 17.3. The van der Waals surface area contributed by atoms with Crippen molar-refractivity contribution >= 4 is 11.6 Å². The highest BCUT2D eigenvalue weighted by molar-refractivity contribution is 5.95. The average molecular weight is 380 g/mol. The second kappa shape index (κ2) is 9.22. The largest absolute Gasteiger partial charge is 0.382 e. The number of ether oxygens (including phenoxy) is 1. The summed E-state index contributed by atoms with van der Waals surface area (Å²) in [4.78, 5) is 14.9. The van der Waals surface area contributed by atoms with Crippen molar-refractivity contribution in [1.82, 2.24) is 10.2 Å². The van der Waals surface area contributed by atoms with Gasteiger partial charge in [0.25, 0.3) is 5.91 Å². The van der Waals surface area contributed by atoms with Crippen LogP contribution in [0.5, 0.6) is 0 Å². The molecule has 0 aromatic heterocycles. The maximum atomic E-state index is 12.5. The van der Waals surface area contributed by atoms with Gasteiger partial charge < -0.3 is 15.4 Å². The van der Waals surface area contributed by atoms with Crippen LogP contribution in [0.4, 0.5) is 5.69 Å². The Bertz CT molecular complexity index is 777. The maximum absolute atomic E-state index is 12.5. The molecule has 1 saturated heterocycles. The standard InChI is InChI=1S/C23H29N3O2/c27-23(18-7-3-8-22(15-18)25-21-9-13-28-14-10-21)24-11-4-12-26-16-19-5-1-2-6-20(19)17-26/h1-3,5-8,15,21,25H,4,9-14,16-17H2,(H,24,27). The number of carbonyl (C=O) groups excluding carboxylic acids is 1. The lowest BCUT2D eigenvalue weighted by Gasteiger charge is -2.24. The molecule has 2 aromatic rings. The number of benzene rings is 2. The number of fused-ring (bicyclic) bond motifs is 1. The third kappa shape index (κ3) is 4.91. The Morgan fingerprint density at radius 2 is 1.79 bits per heavy atom. The first-order valence-electron chi connectivity index (χ1n) is 10.3. The second-order valence-electron chi connectivity index (χ2n) is 7.70. The first kappa shape index (κ1) is 19.0. The topological polar surface area (TPSA) is 53.6 Å². The van der Waals surface area contributed by atoms with Gasteiger partial charge in [0.1, 0.15) is 0 Å². The van der Waals surface area contributed by atoms with E-state index in [0.717, 1.165) is 57.8 Å². The molecule has 148 valence electrons. The van der Waals surface area contributed by atoms with E-state index in [4.69, 9.17) is 4.74 Å². The van der Waals surface area contributed by atoms with E-state index < -0.39 is 0 Å². The van der Waals surface area contributed by atoms with E-state index in [9.17, 15) is 4.79 Å². The Hall–Kier alpha value is -2.37. The molecule has 4 rings (SSSR count). The molecule has 1 fully saturated rings. The summed E-state index contributed by atoms with van der Waals surface area (Å²) >= 11 is 0. The molecular weight excluding hydrogens is 350 g/mol. The molecule has 0 unspecified atom stereocenters. The van der Waals surface area contributed by atoms with Crippen LogP contribution in [-0.4, -0.2) is 43.2 Å². The summed E-state index contributed by atoms with van der Waals surface area (Å²) in [5, 5.41) is 6.58. The lowest BCUT2D eigenvalue weighted by Crippen LogP contribution is -2.29. The van der Waals surface area contributed by atoms with Crippen LogP contribution in [0.3, 0.4) is 0 Å². The first-order chi connectivity index (χ1) is 13.8. The fourth-order valence-electron chi connectivity index (χ4n) is 4.00. The molecule has 2 N–H and O–H groups in total. The molecule has 0 aliphatic carbocycles. The third-order valence-corrected chi connectivity index (χ3v) is 5.56. The quantitative estimate of drug-likeness (QED) is 0.724. The van der Waals surface area contributed by atoms with Crippen molar-refractivity contribution in [2.24, 2.45) is 0 Å². The predicted octanol–water partition coefficient (Wildman–Crippen LogP) is 3.41. The van der Waals surface area contributed by atoms with E-state index in [0.29, 0.717) is 18.2 Å². The van der Waals surface area contributed by atoms with Gasteiger partial charge in [-0.15, -0.1) is 0 Å². The minimum Gasteiger partial charge on any atom is -0.382 e. The Balaban J connectivity index is 1.20. The molecular formula is C23H29N3O2. The molecule has 0 saturated carbocycles. The molecule has 1 amide bonds. The molecule has 5 heteroatoms. The number of carbonyl (C=O) groups is 1. The monoisotopic (exact) mass is 379 g/mol. The number of amides is 1. The van der Waals surface area contributed by atoms with Gasteiger partial charge in [-0.2, -0.15) is 0 Å². The van der Waals surface area contributed by atoms with Gasteiger partial charge >= 0.3 is 0 Å². The highest BCUT2D eigenvalue weighted by atomic mass is 16.5. The molecule has 0 bridgehead atoms. The van der Waals surface area contributed by atoms with Crippen LogP contribution < -0.4 is 10.6 Å². The van der Waals surface area contributed by atoms with E-state index in [1.165, 1.54) is 11.1 Å². The average Bonchev–Trinajstić information content (AvgIpc) is 3.15. The minimum atomic E-state index is 0.000311. The van der Waals surface area contributed by atoms with Crippen molar-refractivity contribution in [3.8, 4) is 0 Å². The summed E-state index contributed by atoms with van der Waals surface area (Å²) in [6.07, 6.45) is 2.98. The van der Waals surface area contributed by atoms with Crippen LogP contribution in [0.25, 0.3) is 0 Å². The lowest BCUT2D eigenvalue weighted by atomic mass is 10.1. The summed E-state index contributed by atoms with van der Waals surface area (Å²) in [6.45, 7) is 5.34. The fourth-order valence-corrected chi connectivity index (χ4v) is 4.00. The van der Waals surface area contributed by atoms with Crippen molar-refractivity contribution < 1.29 is 9.53 Å². The number of anilines is 1. The van der Waals surface area contributed by atoms with Gasteiger partial charge in [0, 0.05) is 56.7 Å². The zero-order valence-electron chi connectivity index (χ0n) is 16.3. The van der Waals surface area contributed by atoms with Gasteiger partial charge in [-0.3, -0.25) is 9.69 Å². The van der Waals surface area contributed by atoms with Crippen LogP contribution >= 0.6 is 0 Å². The molecule has 2 heterocycles. The van der Waals surface area contributed by atoms with Crippen molar-refractivity contribution in [2.75, 3.05) is 31.6 Å². The second-order valence-corrected chi connectivity index (χ2v) is 7.70. The van der Waals surface area contributed by atoms with Crippen molar-refractivity contribution in [3.63, 3.8) is 0 Å². The molecule has 0 spiro atoms.